The van der Waals surface area contributed by atoms with E-state index in [1.165, 1.54) is 0 Å². The van der Waals surface area contributed by atoms with Gasteiger partial charge in [-0.05, 0) is 42.0 Å². The highest BCUT2D eigenvalue weighted by atomic mass is 35.5. The Balaban J connectivity index is 1.98. The van der Waals surface area contributed by atoms with Gasteiger partial charge >= 0.3 is 5.97 Å². The summed E-state index contributed by atoms with van der Waals surface area (Å²) in [6.45, 7) is 0.335. The van der Waals surface area contributed by atoms with E-state index in [9.17, 15) is 14.7 Å². The number of hydrogen-bond donors (Lipinski definition) is 2. The summed E-state index contributed by atoms with van der Waals surface area (Å²) in [5.74, 6) is -1.32. The van der Waals surface area contributed by atoms with Crippen LogP contribution >= 0.6 is 23.2 Å². The van der Waals surface area contributed by atoms with E-state index in [4.69, 9.17) is 23.2 Å². The molecule has 0 heterocycles. The third kappa shape index (κ3) is 5.36. The van der Waals surface area contributed by atoms with Crippen molar-refractivity contribution < 1.29 is 14.7 Å². The summed E-state index contributed by atoms with van der Waals surface area (Å²) in [7, 11) is 0. The van der Waals surface area contributed by atoms with E-state index in [1.54, 1.807) is 48.5 Å². The van der Waals surface area contributed by atoms with Crippen molar-refractivity contribution in [1.29, 1.82) is 0 Å². The number of carbonyl (C=O) groups excluding carboxylic acids is 1. The molecule has 0 saturated carbocycles. The number of carboxylic acids is 1. The van der Waals surface area contributed by atoms with Crippen LogP contribution in [0.5, 0.6) is 0 Å². The van der Waals surface area contributed by atoms with Gasteiger partial charge in [-0.3, -0.25) is 14.9 Å². The SMILES string of the molecule is O=C(C[C@H](NCc1ccc(Cl)cc1)C(=O)O)c1ccc(Cl)cc1. The smallest absolute Gasteiger partial charge is 0.321 e. The van der Waals surface area contributed by atoms with Crippen LogP contribution in [-0.4, -0.2) is 22.9 Å². The number of aliphatic carboxylic acids is 1. The zero-order valence-electron chi connectivity index (χ0n) is 12.1. The molecule has 0 spiro atoms. The Kier molecular flexibility index (Phi) is 6.16. The minimum atomic E-state index is -1.07. The molecule has 0 aliphatic carbocycles. The van der Waals surface area contributed by atoms with Gasteiger partial charge < -0.3 is 5.11 Å². The molecule has 0 saturated heterocycles. The largest absolute Gasteiger partial charge is 0.480 e. The zero-order chi connectivity index (χ0) is 16.8. The second-order valence-electron chi connectivity index (χ2n) is 5.03. The Bertz CT molecular complexity index is 684. The lowest BCUT2D eigenvalue weighted by Gasteiger charge is -2.14. The molecule has 0 radical (unpaired) electrons. The number of hydrogen-bond acceptors (Lipinski definition) is 3. The molecule has 6 heteroatoms. The Morgan fingerprint density at radius 3 is 2.00 bits per heavy atom. The van der Waals surface area contributed by atoms with Crippen molar-refractivity contribution in [2.24, 2.45) is 0 Å². The number of Topliss-reactive ketones (excluding diaryl/α,β-unsaturated/α-hetero) is 1. The summed E-state index contributed by atoms with van der Waals surface area (Å²) in [5.41, 5.74) is 1.33. The molecule has 0 bridgehead atoms. The number of nitrogens with one attached hydrogen (secondary N) is 1. The maximum atomic E-state index is 12.2. The van der Waals surface area contributed by atoms with Crippen molar-refractivity contribution in [1.82, 2.24) is 5.32 Å². The molecule has 23 heavy (non-hydrogen) atoms. The van der Waals surface area contributed by atoms with Crippen molar-refractivity contribution in [2.45, 2.75) is 19.0 Å². The molecule has 0 amide bonds. The number of ketones is 1. The third-order valence-corrected chi connectivity index (χ3v) is 3.82. The van der Waals surface area contributed by atoms with Crippen LogP contribution in [0, 0.1) is 0 Å². The van der Waals surface area contributed by atoms with Gasteiger partial charge in [0.05, 0.1) is 0 Å². The summed E-state index contributed by atoms with van der Waals surface area (Å²) in [5, 5.41) is 13.3. The molecule has 0 aliphatic rings. The number of carboxylic acid groups (broad SMARTS) is 1. The van der Waals surface area contributed by atoms with Crippen LogP contribution in [0.15, 0.2) is 48.5 Å². The number of halogens is 2. The highest BCUT2D eigenvalue weighted by Gasteiger charge is 2.21. The maximum absolute atomic E-state index is 12.2. The number of rotatable bonds is 7. The van der Waals surface area contributed by atoms with Gasteiger partial charge in [0.15, 0.2) is 5.78 Å². The molecule has 0 aliphatic heterocycles. The Morgan fingerprint density at radius 1 is 0.957 bits per heavy atom. The van der Waals surface area contributed by atoms with Crippen LogP contribution in [-0.2, 0) is 11.3 Å². The first-order valence-corrected chi connectivity index (χ1v) is 7.70. The van der Waals surface area contributed by atoms with Crippen LogP contribution in [0.25, 0.3) is 0 Å². The monoisotopic (exact) mass is 351 g/mol. The van der Waals surface area contributed by atoms with Crippen LogP contribution < -0.4 is 5.32 Å². The fourth-order valence-electron chi connectivity index (χ4n) is 2.03. The summed E-state index contributed by atoms with van der Waals surface area (Å²) in [6.07, 6.45) is -0.134. The van der Waals surface area contributed by atoms with Crippen molar-refractivity contribution in [2.75, 3.05) is 0 Å². The van der Waals surface area contributed by atoms with Gasteiger partial charge in [-0.25, -0.2) is 0 Å². The summed E-state index contributed by atoms with van der Waals surface area (Å²) in [6, 6.07) is 12.5. The van der Waals surface area contributed by atoms with Crippen LogP contribution in [0.4, 0.5) is 0 Å². The molecule has 1 atom stereocenters. The predicted octanol–water partition coefficient (Wildman–Crippen LogP) is 3.81. The molecular weight excluding hydrogens is 337 g/mol. The molecule has 4 nitrogen and oxygen atoms in total. The highest BCUT2D eigenvalue weighted by Crippen LogP contribution is 2.13. The van der Waals surface area contributed by atoms with E-state index in [0.29, 0.717) is 22.2 Å². The fraction of sp³-hybridized carbons (Fsp3) is 0.176. The van der Waals surface area contributed by atoms with E-state index in [1.807, 2.05) is 0 Å². The third-order valence-electron chi connectivity index (χ3n) is 3.32. The molecule has 2 aromatic carbocycles. The van der Waals surface area contributed by atoms with Crippen molar-refractivity contribution in [3.63, 3.8) is 0 Å². The molecule has 120 valence electrons. The summed E-state index contributed by atoms with van der Waals surface area (Å²) >= 11 is 11.6. The van der Waals surface area contributed by atoms with Gasteiger partial charge in [0.25, 0.3) is 0 Å². The Labute approximate surface area is 144 Å². The van der Waals surface area contributed by atoms with E-state index in [0.717, 1.165) is 5.56 Å². The summed E-state index contributed by atoms with van der Waals surface area (Å²) in [4.78, 5) is 23.5. The average Bonchev–Trinajstić information content (AvgIpc) is 2.53. The lowest BCUT2D eigenvalue weighted by atomic mass is 10.0. The number of benzene rings is 2. The van der Waals surface area contributed by atoms with E-state index in [-0.39, 0.29) is 12.2 Å². The summed E-state index contributed by atoms with van der Waals surface area (Å²) < 4.78 is 0. The zero-order valence-corrected chi connectivity index (χ0v) is 13.6. The Morgan fingerprint density at radius 2 is 1.48 bits per heavy atom. The number of carbonyl (C=O) groups is 2. The molecule has 0 fully saturated rings. The lowest BCUT2D eigenvalue weighted by Crippen LogP contribution is -2.38. The molecular formula is C17H15Cl2NO3. The molecule has 0 aromatic heterocycles. The first-order valence-electron chi connectivity index (χ1n) is 6.95. The van der Waals surface area contributed by atoms with Crippen LogP contribution in [0.3, 0.4) is 0 Å². The second kappa shape index (κ2) is 8.11. The van der Waals surface area contributed by atoms with Crippen molar-refractivity contribution in [3.05, 3.63) is 69.7 Å². The predicted molar refractivity (Wildman–Crippen MR) is 90.1 cm³/mol. The first-order chi connectivity index (χ1) is 11.0. The van der Waals surface area contributed by atoms with Gasteiger partial charge in [-0.15, -0.1) is 0 Å². The normalized spacial score (nSPS) is 11.9. The fourth-order valence-corrected chi connectivity index (χ4v) is 2.28. The van der Waals surface area contributed by atoms with E-state index in [2.05, 4.69) is 5.32 Å². The van der Waals surface area contributed by atoms with Crippen LogP contribution in [0.1, 0.15) is 22.3 Å². The van der Waals surface area contributed by atoms with Crippen molar-refractivity contribution in [3.8, 4) is 0 Å². The molecule has 2 N–H and O–H groups in total. The standard InChI is InChI=1S/C17H15Cl2NO3/c18-13-5-1-11(2-6-13)10-20-15(17(22)23)9-16(21)12-3-7-14(19)8-4-12/h1-8,15,20H,9-10H2,(H,22,23)/t15-/m0/s1. The van der Waals surface area contributed by atoms with E-state index < -0.39 is 12.0 Å². The van der Waals surface area contributed by atoms with Crippen molar-refractivity contribution >= 4 is 35.0 Å². The van der Waals surface area contributed by atoms with Gasteiger partial charge in [-0.1, -0.05) is 35.3 Å². The van der Waals surface area contributed by atoms with Gasteiger partial charge in [0.2, 0.25) is 0 Å². The topological polar surface area (TPSA) is 66.4 Å². The maximum Gasteiger partial charge on any atom is 0.321 e. The first kappa shape index (κ1) is 17.5. The quantitative estimate of drug-likeness (QED) is 0.744. The molecule has 2 rings (SSSR count). The van der Waals surface area contributed by atoms with Gasteiger partial charge in [-0.2, -0.15) is 0 Å². The molecule has 2 aromatic rings. The van der Waals surface area contributed by atoms with Gasteiger partial charge in [0.1, 0.15) is 6.04 Å². The lowest BCUT2D eigenvalue weighted by molar-refractivity contribution is -0.139. The highest BCUT2D eigenvalue weighted by molar-refractivity contribution is 6.30. The molecule has 0 unspecified atom stereocenters. The van der Waals surface area contributed by atoms with Crippen LogP contribution in [0.2, 0.25) is 10.0 Å². The minimum Gasteiger partial charge on any atom is -0.480 e. The van der Waals surface area contributed by atoms with E-state index >= 15 is 0 Å². The second-order valence-corrected chi connectivity index (χ2v) is 5.91. The Hall–Kier alpha value is -1.88. The average molecular weight is 352 g/mol. The van der Waals surface area contributed by atoms with Gasteiger partial charge in [0, 0.05) is 28.6 Å². The minimum absolute atomic E-state index is 0.134.